The molecule has 174 valence electrons. The number of nitrogens with one attached hydrogen (secondary N) is 3. The molecule has 5 rings (SSSR count). The third-order valence-electron chi connectivity index (χ3n) is 5.38. The van der Waals surface area contributed by atoms with E-state index in [1.807, 2.05) is 12.1 Å². The molecule has 0 saturated carbocycles. The molecule has 0 bridgehead atoms. The Kier molecular flexibility index (Phi) is 5.70. The summed E-state index contributed by atoms with van der Waals surface area (Å²) in [7, 11) is 0. The highest BCUT2D eigenvalue weighted by Gasteiger charge is 2.25. The van der Waals surface area contributed by atoms with Crippen LogP contribution in [0.3, 0.4) is 0 Å². The van der Waals surface area contributed by atoms with Crippen LogP contribution in [0.15, 0.2) is 59.7 Å². The van der Waals surface area contributed by atoms with Gasteiger partial charge in [-0.2, -0.15) is 0 Å². The van der Waals surface area contributed by atoms with E-state index in [4.69, 9.17) is 27.0 Å². The van der Waals surface area contributed by atoms with E-state index in [1.165, 1.54) is 12.4 Å². The Morgan fingerprint density at radius 3 is 2.74 bits per heavy atom. The molecule has 11 nitrogen and oxygen atoms in total. The van der Waals surface area contributed by atoms with Crippen LogP contribution in [0.5, 0.6) is 5.75 Å². The fourth-order valence-electron chi connectivity index (χ4n) is 3.75. The number of benzene rings is 2. The first-order chi connectivity index (χ1) is 17.0. The van der Waals surface area contributed by atoms with Gasteiger partial charge in [-0.1, -0.05) is 5.92 Å². The third-order valence-corrected chi connectivity index (χ3v) is 5.38. The second-order valence-corrected chi connectivity index (χ2v) is 7.66. The van der Waals surface area contributed by atoms with Crippen molar-refractivity contribution in [3.63, 3.8) is 0 Å². The number of fused-ring (bicyclic) bond motifs is 1. The van der Waals surface area contributed by atoms with E-state index in [0.717, 1.165) is 15.8 Å². The highest BCUT2D eigenvalue weighted by molar-refractivity contribution is 5.95. The quantitative estimate of drug-likeness (QED) is 0.189. The number of hydrogen-bond donors (Lipinski definition) is 4. The van der Waals surface area contributed by atoms with E-state index in [-0.39, 0.29) is 18.6 Å². The molecule has 1 aliphatic heterocycles. The lowest BCUT2D eigenvalue weighted by molar-refractivity contribution is -0.0166. The van der Waals surface area contributed by atoms with Crippen LogP contribution < -0.4 is 21.5 Å². The summed E-state index contributed by atoms with van der Waals surface area (Å²) in [4.78, 5) is 23.7. The van der Waals surface area contributed by atoms with Crippen LogP contribution in [0.25, 0.3) is 5.95 Å². The van der Waals surface area contributed by atoms with Gasteiger partial charge in [0.15, 0.2) is 12.6 Å². The number of anilines is 1. The summed E-state index contributed by atoms with van der Waals surface area (Å²) in [5, 5.41) is 15.4. The second kappa shape index (κ2) is 9.12. The largest absolute Gasteiger partial charge is 0.466 e. The van der Waals surface area contributed by atoms with Crippen LogP contribution in [-0.2, 0) is 11.3 Å². The summed E-state index contributed by atoms with van der Waals surface area (Å²) in [5.74, 6) is 3.69. The van der Waals surface area contributed by atoms with Gasteiger partial charge in [-0.25, -0.2) is 14.8 Å². The van der Waals surface area contributed by atoms with Gasteiger partial charge in [0.1, 0.15) is 17.6 Å². The zero-order valence-electron chi connectivity index (χ0n) is 18.4. The van der Waals surface area contributed by atoms with Gasteiger partial charge in [0.2, 0.25) is 0 Å². The number of nitrogens with two attached hydrogens (primary N) is 1. The molecule has 35 heavy (non-hydrogen) atoms. The molecule has 0 aliphatic carbocycles. The number of hydrogen-bond acceptors (Lipinski definition) is 8. The molecule has 0 radical (unpaired) electrons. The van der Waals surface area contributed by atoms with Gasteiger partial charge in [-0.3, -0.25) is 10.4 Å². The predicted octanol–water partition coefficient (Wildman–Crippen LogP) is 1.68. The topological polar surface area (TPSA) is 157 Å². The molecular weight excluding hydrogens is 448 g/mol. The van der Waals surface area contributed by atoms with Crippen molar-refractivity contribution in [3.05, 3.63) is 93.4 Å². The molecule has 0 fully saturated rings. The summed E-state index contributed by atoms with van der Waals surface area (Å²) in [5.41, 5.74) is 8.46. The lowest BCUT2D eigenvalue weighted by Crippen LogP contribution is -2.18. The molecule has 0 spiro atoms. The fraction of sp³-hybridized carbons (Fsp3) is 0.125. The molecule has 0 amide bonds. The SMILES string of the molecule is C#Cc1cc(C(Nc2ccc(C(=N)N)cc2)c2nn(-c3ncccn3)c(=O)[nH]2)cc2c1OCOC2. The van der Waals surface area contributed by atoms with Crippen molar-refractivity contribution in [2.24, 2.45) is 5.73 Å². The van der Waals surface area contributed by atoms with Crippen molar-refractivity contribution in [3.8, 4) is 24.0 Å². The zero-order valence-corrected chi connectivity index (χ0v) is 18.4. The smallest absolute Gasteiger partial charge is 0.350 e. The van der Waals surface area contributed by atoms with Gasteiger partial charge in [-0.05, 0) is 48.0 Å². The average Bonchev–Trinajstić information content (AvgIpc) is 3.28. The monoisotopic (exact) mass is 468 g/mol. The third kappa shape index (κ3) is 4.33. The Hall–Kier alpha value is -4.95. The maximum atomic E-state index is 12.7. The minimum absolute atomic E-state index is 0.0348. The standard InChI is InChI=1S/C24H20N8O3/c1-2-14-10-16(11-17-12-34-13-35-20(14)17)19(29-18-6-4-15(5-7-18)21(25)26)22-30-24(33)32(31-22)23-27-8-3-9-28-23/h1,3-11,19,29H,12-13H2,(H3,25,26)(H,30,31,33). The number of terminal acetylenes is 1. The molecule has 2 aromatic heterocycles. The molecule has 1 atom stereocenters. The van der Waals surface area contributed by atoms with Crippen LogP contribution in [0.4, 0.5) is 5.69 Å². The van der Waals surface area contributed by atoms with E-state index in [0.29, 0.717) is 35.0 Å². The molecule has 4 aromatic rings. The second-order valence-electron chi connectivity index (χ2n) is 7.66. The first-order valence-electron chi connectivity index (χ1n) is 10.5. The van der Waals surface area contributed by atoms with Gasteiger partial charge in [0, 0.05) is 29.2 Å². The Labute approximate surface area is 199 Å². The highest BCUT2D eigenvalue weighted by atomic mass is 16.7. The Balaban J connectivity index is 1.61. The average molecular weight is 468 g/mol. The highest BCUT2D eigenvalue weighted by Crippen LogP contribution is 2.34. The number of aromatic nitrogens is 5. The number of aromatic amines is 1. The van der Waals surface area contributed by atoms with E-state index < -0.39 is 11.7 Å². The minimum atomic E-state index is -0.616. The lowest BCUT2D eigenvalue weighted by Gasteiger charge is -2.23. The number of rotatable bonds is 6. The van der Waals surface area contributed by atoms with E-state index in [9.17, 15) is 4.79 Å². The predicted molar refractivity (Wildman–Crippen MR) is 127 cm³/mol. The first kappa shape index (κ1) is 21.9. The van der Waals surface area contributed by atoms with Gasteiger partial charge in [-0.15, -0.1) is 16.2 Å². The first-order valence-corrected chi connectivity index (χ1v) is 10.5. The molecule has 1 aliphatic rings. The molecule has 11 heteroatoms. The van der Waals surface area contributed by atoms with Crippen molar-refractivity contribution in [1.82, 2.24) is 24.7 Å². The van der Waals surface area contributed by atoms with Crippen LogP contribution >= 0.6 is 0 Å². The molecule has 0 saturated heterocycles. The molecule has 2 aromatic carbocycles. The van der Waals surface area contributed by atoms with Crippen molar-refractivity contribution in [2.45, 2.75) is 12.6 Å². The molecule has 1 unspecified atom stereocenters. The Morgan fingerprint density at radius 2 is 2.03 bits per heavy atom. The summed E-state index contributed by atoms with van der Waals surface area (Å²) in [6, 6.07) is 11.8. The number of nitrogens with zero attached hydrogens (tertiary/aromatic N) is 4. The number of H-pyrrole nitrogens is 1. The molecular formula is C24H20N8O3. The van der Waals surface area contributed by atoms with Crippen LogP contribution in [-0.4, -0.2) is 37.4 Å². The van der Waals surface area contributed by atoms with Crippen molar-refractivity contribution < 1.29 is 9.47 Å². The zero-order chi connectivity index (χ0) is 24.4. The fourth-order valence-corrected chi connectivity index (χ4v) is 3.75. The van der Waals surface area contributed by atoms with Gasteiger partial charge >= 0.3 is 5.69 Å². The van der Waals surface area contributed by atoms with Crippen molar-refractivity contribution >= 4 is 11.5 Å². The molecule has 5 N–H and O–H groups in total. The van der Waals surface area contributed by atoms with Crippen LogP contribution in [0.2, 0.25) is 0 Å². The Bertz CT molecular complexity index is 1490. The Morgan fingerprint density at radius 1 is 1.26 bits per heavy atom. The maximum absolute atomic E-state index is 12.7. The van der Waals surface area contributed by atoms with Crippen molar-refractivity contribution in [1.29, 1.82) is 5.41 Å². The maximum Gasteiger partial charge on any atom is 0.350 e. The van der Waals surface area contributed by atoms with E-state index in [2.05, 4.69) is 31.3 Å². The number of ether oxygens (including phenoxy) is 2. The summed E-state index contributed by atoms with van der Waals surface area (Å²) in [6.45, 7) is 0.459. The van der Waals surface area contributed by atoms with E-state index >= 15 is 0 Å². The number of nitrogen functional groups attached to an aromatic ring is 1. The summed E-state index contributed by atoms with van der Waals surface area (Å²) >= 11 is 0. The minimum Gasteiger partial charge on any atom is -0.466 e. The summed E-state index contributed by atoms with van der Waals surface area (Å²) < 4.78 is 12.1. The van der Waals surface area contributed by atoms with Crippen LogP contribution in [0, 0.1) is 17.8 Å². The van der Waals surface area contributed by atoms with Gasteiger partial charge in [0.25, 0.3) is 5.95 Å². The van der Waals surface area contributed by atoms with Gasteiger partial charge in [0.05, 0.1) is 12.2 Å². The van der Waals surface area contributed by atoms with Crippen LogP contribution in [0.1, 0.15) is 34.1 Å². The van der Waals surface area contributed by atoms with Crippen molar-refractivity contribution in [2.75, 3.05) is 12.1 Å². The normalized spacial score (nSPS) is 13.2. The molecule has 3 heterocycles. The summed E-state index contributed by atoms with van der Waals surface area (Å²) in [6.07, 6.45) is 8.82. The number of amidine groups is 1. The van der Waals surface area contributed by atoms with Gasteiger partial charge < -0.3 is 20.5 Å². The lowest BCUT2D eigenvalue weighted by atomic mass is 9.98. The van der Waals surface area contributed by atoms with E-state index in [1.54, 1.807) is 30.3 Å².